The summed E-state index contributed by atoms with van der Waals surface area (Å²) in [6.45, 7) is 5.07. The van der Waals surface area contributed by atoms with E-state index < -0.39 is 5.69 Å². The minimum absolute atomic E-state index is 0.366. The van der Waals surface area contributed by atoms with Crippen molar-refractivity contribution < 1.29 is 4.74 Å². The van der Waals surface area contributed by atoms with Gasteiger partial charge in [-0.05, 0) is 18.6 Å². The Morgan fingerprint density at radius 2 is 1.75 bits per heavy atom. The second-order valence-corrected chi connectivity index (χ2v) is 5.82. The fourth-order valence-electron chi connectivity index (χ4n) is 2.83. The topological polar surface area (TPSA) is 81.4 Å². The molecule has 1 aromatic heterocycles. The lowest BCUT2D eigenvalue weighted by Gasteiger charge is -2.35. The standard InChI is InChI=1S/C17H22N4O3/c22-16-13-15(18-17(23)19-16)21-10-8-20(9-11-21)7-4-12-24-14-5-2-1-3-6-14/h1-3,5-6,13H,4,7-12H2,(H2,18,19,22,23). The van der Waals surface area contributed by atoms with Crippen LogP contribution in [-0.2, 0) is 0 Å². The van der Waals surface area contributed by atoms with E-state index in [-0.39, 0.29) is 5.56 Å². The molecule has 7 heteroatoms. The van der Waals surface area contributed by atoms with Crippen molar-refractivity contribution in [2.24, 2.45) is 0 Å². The van der Waals surface area contributed by atoms with E-state index >= 15 is 0 Å². The third kappa shape index (κ3) is 4.48. The van der Waals surface area contributed by atoms with Crippen molar-refractivity contribution in [3.8, 4) is 5.75 Å². The minimum Gasteiger partial charge on any atom is -0.494 e. The summed E-state index contributed by atoms with van der Waals surface area (Å²) < 4.78 is 5.70. The Bertz CT molecular complexity index is 720. The molecule has 0 aliphatic carbocycles. The van der Waals surface area contributed by atoms with Gasteiger partial charge in [0.25, 0.3) is 5.56 Å². The molecule has 1 aliphatic heterocycles. The van der Waals surface area contributed by atoms with E-state index in [0.717, 1.165) is 44.9 Å². The quantitative estimate of drug-likeness (QED) is 0.760. The zero-order valence-electron chi connectivity index (χ0n) is 13.5. The van der Waals surface area contributed by atoms with Crippen LogP contribution in [0.2, 0.25) is 0 Å². The van der Waals surface area contributed by atoms with E-state index in [1.54, 1.807) is 0 Å². The van der Waals surface area contributed by atoms with Gasteiger partial charge >= 0.3 is 5.69 Å². The molecule has 7 nitrogen and oxygen atoms in total. The molecule has 2 aromatic rings. The van der Waals surface area contributed by atoms with Crippen molar-refractivity contribution in [2.75, 3.05) is 44.2 Å². The van der Waals surface area contributed by atoms with Crippen molar-refractivity contribution >= 4 is 5.82 Å². The number of aromatic nitrogens is 2. The Balaban J connectivity index is 1.40. The number of hydrogen-bond acceptors (Lipinski definition) is 5. The summed E-state index contributed by atoms with van der Waals surface area (Å²) in [4.78, 5) is 32.0. The van der Waals surface area contributed by atoms with Gasteiger partial charge in [-0.1, -0.05) is 18.2 Å². The van der Waals surface area contributed by atoms with Gasteiger partial charge < -0.3 is 9.64 Å². The number of hydrogen-bond donors (Lipinski definition) is 2. The van der Waals surface area contributed by atoms with E-state index in [9.17, 15) is 9.59 Å². The highest BCUT2D eigenvalue weighted by Gasteiger charge is 2.17. The number of H-pyrrole nitrogens is 2. The zero-order valence-corrected chi connectivity index (χ0v) is 13.5. The Labute approximate surface area is 139 Å². The molecule has 0 radical (unpaired) electrons. The second kappa shape index (κ2) is 7.83. The number of anilines is 1. The highest BCUT2D eigenvalue weighted by molar-refractivity contribution is 5.37. The highest BCUT2D eigenvalue weighted by atomic mass is 16.5. The summed E-state index contributed by atoms with van der Waals surface area (Å²) in [5.74, 6) is 1.50. The maximum atomic E-state index is 11.4. The SMILES string of the molecule is O=c1cc(N2CCN(CCCOc3ccccc3)CC2)[nH]c(=O)[nH]1. The van der Waals surface area contributed by atoms with E-state index in [4.69, 9.17) is 4.74 Å². The fourth-order valence-corrected chi connectivity index (χ4v) is 2.83. The Kier molecular flexibility index (Phi) is 5.32. The second-order valence-electron chi connectivity index (χ2n) is 5.82. The molecule has 0 bridgehead atoms. The average Bonchev–Trinajstić information content (AvgIpc) is 2.59. The first-order valence-electron chi connectivity index (χ1n) is 8.19. The maximum Gasteiger partial charge on any atom is 0.327 e. The van der Waals surface area contributed by atoms with Crippen molar-refractivity contribution in [3.05, 3.63) is 57.2 Å². The minimum atomic E-state index is -0.460. The number of para-hydroxylation sites is 1. The number of benzene rings is 1. The molecule has 128 valence electrons. The van der Waals surface area contributed by atoms with Crippen LogP contribution in [0.1, 0.15) is 6.42 Å². The van der Waals surface area contributed by atoms with Gasteiger partial charge in [0.05, 0.1) is 6.61 Å². The van der Waals surface area contributed by atoms with Gasteiger partial charge in [-0.15, -0.1) is 0 Å². The predicted molar refractivity (Wildman–Crippen MR) is 92.9 cm³/mol. The number of nitrogens with zero attached hydrogens (tertiary/aromatic N) is 2. The third-order valence-electron chi connectivity index (χ3n) is 4.09. The largest absolute Gasteiger partial charge is 0.494 e. The molecule has 1 fully saturated rings. The molecule has 1 aromatic carbocycles. The Morgan fingerprint density at radius 3 is 2.46 bits per heavy atom. The van der Waals surface area contributed by atoms with Crippen molar-refractivity contribution in [3.63, 3.8) is 0 Å². The van der Waals surface area contributed by atoms with E-state index in [1.807, 2.05) is 35.2 Å². The molecule has 0 atom stereocenters. The van der Waals surface area contributed by atoms with Crippen LogP contribution in [0.25, 0.3) is 0 Å². The first-order valence-corrected chi connectivity index (χ1v) is 8.19. The summed E-state index contributed by atoms with van der Waals surface area (Å²) >= 11 is 0. The zero-order chi connectivity index (χ0) is 16.8. The summed E-state index contributed by atoms with van der Waals surface area (Å²) in [6, 6.07) is 11.3. The Hall–Kier alpha value is -2.54. The van der Waals surface area contributed by atoms with Gasteiger partial charge in [0, 0.05) is 38.8 Å². The highest BCUT2D eigenvalue weighted by Crippen LogP contribution is 2.11. The van der Waals surface area contributed by atoms with Crippen molar-refractivity contribution in [2.45, 2.75) is 6.42 Å². The van der Waals surface area contributed by atoms with Crippen LogP contribution < -0.4 is 20.9 Å². The smallest absolute Gasteiger partial charge is 0.327 e. The lowest BCUT2D eigenvalue weighted by Crippen LogP contribution is -2.47. The third-order valence-corrected chi connectivity index (χ3v) is 4.09. The molecule has 1 aliphatic rings. The normalized spacial score (nSPS) is 15.4. The van der Waals surface area contributed by atoms with Gasteiger partial charge in [-0.25, -0.2) is 4.79 Å². The Morgan fingerprint density at radius 1 is 1.00 bits per heavy atom. The number of ether oxygens (including phenoxy) is 1. The van der Waals surface area contributed by atoms with Gasteiger partial charge in [0.2, 0.25) is 0 Å². The first kappa shape index (κ1) is 16.3. The molecule has 2 heterocycles. The molecular weight excluding hydrogens is 308 g/mol. The number of aromatic amines is 2. The number of nitrogens with one attached hydrogen (secondary N) is 2. The number of rotatable bonds is 6. The average molecular weight is 330 g/mol. The van der Waals surface area contributed by atoms with E-state index in [1.165, 1.54) is 6.07 Å². The van der Waals surface area contributed by atoms with Crippen LogP contribution in [0.15, 0.2) is 46.0 Å². The molecule has 0 spiro atoms. The maximum absolute atomic E-state index is 11.4. The van der Waals surface area contributed by atoms with Crippen LogP contribution in [0, 0.1) is 0 Å². The van der Waals surface area contributed by atoms with Crippen LogP contribution >= 0.6 is 0 Å². The van der Waals surface area contributed by atoms with Gasteiger partial charge in [-0.3, -0.25) is 19.7 Å². The van der Waals surface area contributed by atoms with Crippen molar-refractivity contribution in [1.82, 2.24) is 14.9 Å². The lowest BCUT2D eigenvalue weighted by atomic mass is 10.3. The molecular formula is C17H22N4O3. The van der Waals surface area contributed by atoms with Crippen LogP contribution in [0.4, 0.5) is 5.82 Å². The molecule has 24 heavy (non-hydrogen) atoms. The summed E-state index contributed by atoms with van der Waals surface area (Å²) in [7, 11) is 0. The van der Waals surface area contributed by atoms with Crippen LogP contribution in [0.3, 0.4) is 0 Å². The molecule has 3 rings (SSSR count). The van der Waals surface area contributed by atoms with Crippen LogP contribution in [-0.4, -0.2) is 54.2 Å². The summed E-state index contributed by atoms with van der Waals surface area (Å²) in [5.41, 5.74) is -0.827. The van der Waals surface area contributed by atoms with E-state index in [2.05, 4.69) is 14.9 Å². The van der Waals surface area contributed by atoms with Gasteiger partial charge in [-0.2, -0.15) is 0 Å². The summed E-state index contributed by atoms with van der Waals surface area (Å²) in [5, 5.41) is 0. The fraction of sp³-hybridized carbons (Fsp3) is 0.412. The van der Waals surface area contributed by atoms with Crippen molar-refractivity contribution in [1.29, 1.82) is 0 Å². The number of piperazine rings is 1. The van der Waals surface area contributed by atoms with E-state index in [0.29, 0.717) is 12.4 Å². The van der Waals surface area contributed by atoms with Gasteiger partial charge in [0.15, 0.2) is 0 Å². The van der Waals surface area contributed by atoms with Crippen LogP contribution in [0.5, 0.6) is 5.75 Å². The predicted octanol–water partition coefficient (Wildman–Crippen LogP) is 0.654. The molecule has 2 N–H and O–H groups in total. The first-order chi connectivity index (χ1) is 11.7. The molecule has 1 saturated heterocycles. The molecule has 0 unspecified atom stereocenters. The lowest BCUT2D eigenvalue weighted by molar-refractivity contribution is 0.224. The summed E-state index contributed by atoms with van der Waals surface area (Å²) in [6.07, 6.45) is 0.969. The molecule has 0 amide bonds. The monoisotopic (exact) mass is 330 g/mol. The molecule has 0 saturated carbocycles. The van der Waals surface area contributed by atoms with Gasteiger partial charge in [0.1, 0.15) is 11.6 Å².